The predicted molar refractivity (Wildman–Crippen MR) is 101 cm³/mol. The lowest BCUT2D eigenvalue weighted by Gasteiger charge is -2.20. The number of nitrogens with one attached hydrogen (secondary N) is 1. The Morgan fingerprint density at radius 2 is 1.68 bits per heavy atom. The molecule has 0 aromatic carbocycles. The summed E-state index contributed by atoms with van der Waals surface area (Å²) in [5.41, 5.74) is -1.37. The molecule has 0 unspecified atom stereocenters. The summed E-state index contributed by atoms with van der Waals surface area (Å²) in [5.74, 6) is -1.43. The average molecular weight is 396 g/mol. The molecule has 0 aliphatic rings. The third-order valence-corrected chi connectivity index (χ3v) is 3.35. The molecule has 0 atom stereocenters. The molecule has 0 fully saturated rings. The Bertz CT molecular complexity index is 763. The third-order valence-electron chi connectivity index (χ3n) is 3.35. The van der Waals surface area contributed by atoms with E-state index in [0.29, 0.717) is 6.42 Å². The number of hydrogen-bond acceptors (Lipinski definition) is 7. The van der Waals surface area contributed by atoms with Crippen molar-refractivity contribution in [2.45, 2.75) is 53.2 Å². The molecule has 1 amide bonds. The normalized spacial score (nSPS) is 10.9. The van der Waals surface area contributed by atoms with Crippen molar-refractivity contribution in [2.24, 2.45) is 0 Å². The second-order valence-electron chi connectivity index (χ2n) is 6.85. The van der Waals surface area contributed by atoms with Crippen LogP contribution in [0.4, 0.5) is 4.79 Å². The van der Waals surface area contributed by atoms with Gasteiger partial charge in [-0.05, 0) is 41.0 Å². The molecular formula is C19H28N2O7. The summed E-state index contributed by atoms with van der Waals surface area (Å²) in [7, 11) is 0. The summed E-state index contributed by atoms with van der Waals surface area (Å²) in [6.07, 6.45) is 1.15. The number of carbonyl (C=O) groups excluding carboxylic acids is 3. The molecule has 1 heterocycles. The van der Waals surface area contributed by atoms with Crippen molar-refractivity contribution in [2.75, 3.05) is 19.8 Å². The molecule has 0 aliphatic carbocycles. The SMILES string of the molecule is CCOC(=O)c1cn(CCCNC(=O)OC(C)(C)C)c(C(=O)OCC)cc1=O. The number of rotatable bonds is 8. The van der Waals surface area contributed by atoms with Gasteiger partial charge in [0.2, 0.25) is 0 Å². The second kappa shape index (κ2) is 10.5. The van der Waals surface area contributed by atoms with E-state index in [1.807, 2.05) is 0 Å². The zero-order valence-corrected chi connectivity index (χ0v) is 17.0. The molecule has 0 radical (unpaired) electrons. The van der Waals surface area contributed by atoms with Crippen molar-refractivity contribution in [1.29, 1.82) is 0 Å². The number of alkyl carbamates (subject to hydrolysis) is 1. The predicted octanol–water partition coefficient (Wildman–Crippen LogP) is 2.12. The first-order chi connectivity index (χ1) is 13.1. The molecule has 9 heteroatoms. The molecule has 156 valence electrons. The first kappa shape index (κ1) is 23.2. The van der Waals surface area contributed by atoms with Crippen molar-refractivity contribution < 1.29 is 28.6 Å². The molecule has 1 N–H and O–H groups in total. The summed E-state index contributed by atoms with van der Waals surface area (Å²) in [6.45, 7) is 9.36. The van der Waals surface area contributed by atoms with Crippen LogP contribution in [0.2, 0.25) is 0 Å². The molecule has 1 aromatic heterocycles. The number of ether oxygens (including phenoxy) is 3. The maximum absolute atomic E-state index is 12.2. The Morgan fingerprint density at radius 1 is 1.07 bits per heavy atom. The second-order valence-corrected chi connectivity index (χ2v) is 6.85. The fraction of sp³-hybridized carbons (Fsp3) is 0.579. The molecule has 28 heavy (non-hydrogen) atoms. The third kappa shape index (κ3) is 7.42. The van der Waals surface area contributed by atoms with Gasteiger partial charge < -0.3 is 24.1 Å². The minimum atomic E-state index is -0.761. The van der Waals surface area contributed by atoms with Gasteiger partial charge in [0, 0.05) is 25.4 Å². The Balaban J connectivity index is 2.92. The number of amides is 1. The van der Waals surface area contributed by atoms with Crippen LogP contribution in [0.3, 0.4) is 0 Å². The van der Waals surface area contributed by atoms with Crippen molar-refractivity contribution in [3.63, 3.8) is 0 Å². The number of hydrogen-bond donors (Lipinski definition) is 1. The highest BCUT2D eigenvalue weighted by atomic mass is 16.6. The van der Waals surface area contributed by atoms with E-state index < -0.39 is 29.1 Å². The molecule has 1 rings (SSSR count). The summed E-state index contributed by atoms with van der Waals surface area (Å²) >= 11 is 0. The van der Waals surface area contributed by atoms with Gasteiger partial charge in [0.25, 0.3) is 0 Å². The van der Waals surface area contributed by atoms with E-state index in [2.05, 4.69) is 5.32 Å². The van der Waals surface area contributed by atoms with Crippen LogP contribution in [0.25, 0.3) is 0 Å². The van der Waals surface area contributed by atoms with E-state index in [1.54, 1.807) is 34.6 Å². The highest BCUT2D eigenvalue weighted by Crippen LogP contribution is 2.08. The fourth-order valence-corrected chi connectivity index (χ4v) is 2.26. The lowest BCUT2D eigenvalue weighted by Crippen LogP contribution is -2.33. The Morgan fingerprint density at radius 3 is 2.25 bits per heavy atom. The first-order valence-electron chi connectivity index (χ1n) is 9.14. The Labute approximate surface area is 164 Å². The zero-order valence-electron chi connectivity index (χ0n) is 17.0. The first-order valence-corrected chi connectivity index (χ1v) is 9.14. The standard InChI is InChI=1S/C19H28N2O7/c1-6-26-16(23)13-12-21(14(11-15(13)22)17(24)27-7-2)10-8-9-20-18(25)28-19(3,4)5/h11-12H,6-10H2,1-5H3,(H,20,25). The van der Waals surface area contributed by atoms with Crippen LogP contribution < -0.4 is 10.7 Å². The fourth-order valence-electron chi connectivity index (χ4n) is 2.26. The van der Waals surface area contributed by atoms with Crippen LogP contribution in [0.1, 0.15) is 61.9 Å². The quantitative estimate of drug-likeness (QED) is 0.407. The van der Waals surface area contributed by atoms with Gasteiger partial charge >= 0.3 is 18.0 Å². The van der Waals surface area contributed by atoms with Gasteiger partial charge in [-0.15, -0.1) is 0 Å². The minimum Gasteiger partial charge on any atom is -0.462 e. The van der Waals surface area contributed by atoms with Gasteiger partial charge in [-0.1, -0.05) is 0 Å². The lowest BCUT2D eigenvalue weighted by atomic mass is 10.2. The highest BCUT2D eigenvalue weighted by Gasteiger charge is 2.19. The van der Waals surface area contributed by atoms with Crippen molar-refractivity contribution in [1.82, 2.24) is 9.88 Å². The lowest BCUT2D eigenvalue weighted by molar-refractivity contribution is 0.0495. The number of esters is 2. The Kier molecular flexibility index (Phi) is 8.69. The monoisotopic (exact) mass is 396 g/mol. The largest absolute Gasteiger partial charge is 0.462 e. The molecular weight excluding hydrogens is 368 g/mol. The topological polar surface area (TPSA) is 113 Å². The number of aromatic nitrogens is 1. The van der Waals surface area contributed by atoms with Gasteiger partial charge in [-0.25, -0.2) is 14.4 Å². The summed E-state index contributed by atoms with van der Waals surface area (Å²) in [4.78, 5) is 47.9. The highest BCUT2D eigenvalue weighted by molar-refractivity contribution is 5.91. The smallest absolute Gasteiger partial charge is 0.407 e. The maximum atomic E-state index is 12.2. The van der Waals surface area contributed by atoms with Crippen LogP contribution in [0.15, 0.2) is 17.1 Å². The zero-order chi connectivity index (χ0) is 21.3. The molecule has 0 spiro atoms. The summed E-state index contributed by atoms with van der Waals surface area (Å²) < 4.78 is 16.4. The number of pyridine rings is 1. The minimum absolute atomic E-state index is 0.0252. The molecule has 0 saturated heterocycles. The average Bonchev–Trinajstić information content (AvgIpc) is 2.58. The van der Waals surface area contributed by atoms with Crippen molar-refractivity contribution >= 4 is 18.0 Å². The Hall–Kier alpha value is -2.84. The van der Waals surface area contributed by atoms with Crippen LogP contribution in [0, 0.1) is 0 Å². The van der Waals surface area contributed by atoms with Crippen LogP contribution >= 0.6 is 0 Å². The van der Waals surface area contributed by atoms with Gasteiger partial charge in [-0.2, -0.15) is 0 Å². The molecule has 9 nitrogen and oxygen atoms in total. The van der Waals surface area contributed by atoms with Gasteiger partial charge in [0.15, 0.2) is 5.43 Å². The number of nitrogens with zero attached hydrogens (tertiary/aromatic N) is 1. The number of aryl methyl sites for hydroxylation is 1. The van der Waals surface area contributed by atoms with E-state index in [1.165, 1.54) is 10.8 Å². The molecule has 0 bridgehead atoms. The van der Waals surface area contributed by atoms with E-state index in [-0.39, 0.29) is 37.6 Å². The number of carbonyl (C=O) groups is 3. The molecule has 0 saturated carbocycles. The summed E-state index contributed by atoms with van der Waals surface area (Å²) in [6, 6.07) is 1.06. The van der Waals surface area contributed by atoms with Gasteiger partial charge in [-0.3, -0.25) is 4.79 Å². The van der Waals surface area contributed by atoms with Gasteiger partial charge in [0.1, 0.15) is 16.9 Å². The van der Waals surface area contributed by atoms with Gasteiger partial charge in [0.05, 0.1) is 13.2 Å². The molecule has 0 aliphatic heterocycles. The van der Waals surface area contributed by atoms with Crippen molar-refractivity contribution in [3.8, 4) is 0 Å². The maximum Gasteiger partial charge on any atom is 0.407 e. The van der Waals surface area contributed by atoms with E-state index in [0.717, 1.165) is 6.07 Å². The van der Waals surface area contributed by atoms with Crippen LogP contribution in [-0.2, 0) is 20.8 Å². The van der Waals surface area contributed by atoms with Crippen LogP contribution in [-0.4, -0.2) is 48.0 Å². The summed E-state index contributed by atoms with van der Waals surface area (Å²) in [5, 5.41) is 2.61. The molecule has 1 aromatic rings. The van der Waals surface area contributed by atoms with Crippen LogP contribution in [0.5, 0.6) is 0 Å². The van der Waals surface area contributed by atoms with E-state index in [9.17, 15) is 19.2 Å². The van der Waals surface area contributed by atoms with E-state index >= 15 is 0 Å². The van der Waals surface area contributed by atoms with E-state index in [4.69, 9.17) is 14.2 Å². The van der Waals surface area contributed by atoms with Crippen molar-refractivity contribution in [3.05, 3.63) is 33.7 Å².